The number of anilines is 1. The highest BCUT2D eigenvalue weighted by Crippen LogP contribution is 2.13. The molecule has 1 N–H and O–H groups in total. The number of thiazole rings is 1. The van der Waals surface area contributed by atoms with Crippen LogP contribution in [0.5, 0.6) is 0 Å². The van der Waals surface area contributed by atoms with Gasteiger partial charge >= 0.3 is 0 Å². The van der Waals surface area contributed by atoms with Crippen molar-refractivity contribution in [3.05, 3.63) is 46.7 Å². The van der Waals surface area contributed by atoms with Crippen molar-refractivity contribution in [1.29, 1.82) is 0 Å². The van der Waals surface area contributed by atoms with Gasteiger partial charge in [0, 0.05) is 62.5 Å². The lowest BCUT2D eigenvalue weighted by molar-refractivity contribution is -0.116. The molecule has 128 valence electrons. The predicted molar refractivity (Wildman–Crippen MR) is 93.5 cm³/mol. The van der Waals surface area contributed by atoms with Crippen molar-refractivity contribution in [2.75, 3.05) is 38.0 Å². The first-order chi connectivity index (χ1) is 11.7. The lowest BCUT2D eigenvalue weighted by atomic mass is 10.2. The molecule has 3 rings (SSSR count). The number of piperazine rings is 1. The van der Waals surface area contributed by atoms with Crippen molar-refractivity contribution in [3.63, 3.8) is 0 Å². The molecule has 0 bridgehead atoms. The number of halogens is 1. The number of carbonyl (C=O) groups excluding carboxylic acids is 1. The number of amides is 1. The minimum absolute atomic E-state index is 0.0762. The molecule has 5 nitrogen and oxygen atoms in total. The molecule has 0 saturated carbocycles. The summed E-state index contributed by atoms with van der Waals surface area (Å²) in [6.45, 7) is 5.62. The van der Waals surface area contributed by atoms with E-state index in [4.69, 9.17) is 0 Å². The first-order valence-electron chi connectivity index (χ1n) is 8.06. The molecule has 2 aromatic rings. The minimum atomic E-state index is -0.343. The molecule has 1 fully saturated rings. The zero-order valence-electron chi connectivity index (χ0n) is 13.4. The monoisotopic (exact) mass is 348 g/mol. The van der Waals surface area contributed by atoms with Crippen LogP contribution in [0.1, 0.15) is 11.3 Å². The summed E-state index contributed by atoms with van der Waals surface area (Å²) >= 11 is 1.69. The van der Waals surface area contributed by atoms with Gasteiger partial charge in [0.2, 0.25) is 5.91 Å². The summed E-state index contributed by atoms with van der Waals surface area (Å²) in [5.74, 6) is -0.419. The van der Waals surface area contributed by atoms with E-state index in [9.17, 15) is 9.18 Å². The molecule has 24 heavy (non-hydrogen) atoms. The summed E-state index contributed by atoms with van der Waals surface area (Å²) in [4.78, 5) is 22.1. The van der Waals surface area contributed by atoms with E-state index in [-0.39, 0.29) is 11.7 Å². The molecule has 0 spiro atoms. The molecule has 1 aliphatic rings. The van der Waals surface area contributed by atoms with Gasteiger partial charge in [0.15, 0.2) is 0 Å². The van der Waals surface area contributed by atoms with E-state index >= 15 is 0 Å². The SMILES string of the molecule is O=C(CCN1CCN(Cc2cncs2)CC1)Nc1cccc(F)c1. The number of nitrogens with one attached hydrogen (secondary N) is 1. The number of carbonyl (C=O) groups is 1. The smallest absolute Gasteiger partial charge is 0.225 e. The van der Waals surface area contributed by atoms with E-state index in [1.807, 2.05) is 11.7 Å². The second-order valence-corrected chi connectivity index (χ2v) is 6.86. The lowest BCUT2D eigenvalue weighted by Gasteiger charge is -2.34. The molecule has 1 aliphatic heterocycles. The molecule has 1 saturated heterocycles. The first-order valence-corrected chi connectivity index (χ1v) is 8.94. The van der Waals surface area contributed by atoms with Gasteiger partial charge in [0.25, 0.3) is 0 Å². The number of hydrogen-bond acceptors (Lipinski definition) is 5. The summed E-state index contributed by atoms with van der Waals surface area (Å²) in [6.07, 6.45) is 2.35. The standard InChI is InChI=1S/C17H21FN4OS/c18-14-2-1-3-15(10-14)20-17(23)4-5-21-6-8-22(9-7-21)12-16-11-19-13-24-16/h1-3,10-11,13H,4-9,12H2,(H,20,23). The van der Waals surface area contributed by atoms with Crippen molar-refractivity contribution < 1.29 is 9.18 Å². The van der Waals surface area contributed by atoms with Crippen LogP contribution in [-0.2, 0) is 11.3 Å². The Hall–Kier alpha value is -1.83. The van der Waals surface area contributed by atoms with Gasteiger partial charge in [0.05, 0.1) is 5.51 Å². The Labute approximate surface area is 145 Å². The Kier molecular flexibility index (Phi) is 5.90. The normalized spacial score (nSPS) is 16.2. The third-order valence-electron chi connectivity index (χ3n) is 4.09. The highest BCUT2D eigenvalue weighted by atomic mass is 32.1. The van der Waals surface area contributed by atoms with Crippen molar-refractivity contribution in [2.45, 2.75) is 13.0 Å². The first kappa shape index (κ1) is 17.0. The average Bonchev–Trinajstić information content (AvgIpc) is 3.07. The van der Waals surface area contributed by atoms with Crippen LogP contribution in [0.25, 0.3) is 0 Å². The average molecular weight is 348 g/mol. The molecule has 0 radical (unpaired) electrons. The summed E-state index contributed by atoms with van der Waals surface area (Å²) in [6, 6.07) is 5.98. The van der Waals surface area contributed by atoms with Crippen LogP contribution in [0.2, 0.25) is 0 Å². The fraction of sp³-hybridized carbons (Fsp3) is 0.412. The van der Waals surface area contributed by atoms with Gasteiger partial charge < -0.3 is 10.2 Å². The Morgan fingerprint density at radius 2 is 2.04 bits per heavy atom. The van der Waals surface area contributed by atoms with Crippen molar-refractivity contribution >= 4 is 22.9 Å². The number of aromatic nitrogens is 1. The molecule has 1 aromatic heterocycles. The van der Waals surface area contributed by atoms with E-state index in [2.05, 4.69) is 20.1 Å². The van der Waals surface area contributed by atoms with Crippen LogP contribution in [0.4, 0.5) is 10.1 Å². The summed E-state index contributed by atoms with van der Waals surface area (Å²) in [5, 5.41) is 2.74. The molecular formula is C17H21FN4OS. The topological polar surface area (TPSA) is 48.5 Å². The van der Waals surface area contributed by atoms with E-state index in [0.717, 1.165) is 39.3 Å². The molecule has 0 aliphatic carbocycles. The Morgan fingerprint density at radius 1 is 1.25 bits per heavy atom. The fourth-order valence-electron chi connectivity index (χ4n) is 2.76. The highest BCUT2D eigenvalue weighted by Gasteiger charge is 2.18. The van der Waals surface area contributed by atoms with Crippen LogP contribution in [0, 0.1) is 5.82 Å². The molecule has 1 amide bonds. The van der Waals surface area contributed by atoms with Crippen molar-refractivity contribution in [1.82, 2.24) is 14.8 Å². The number of benzene rings is 1. The zero-order chi connectivity index (χ0) is 16.8. The van der Waals surface area contributed by atoms with Crippen molar-refractivity contribution in [2.24, 2.45) is 0 Å². The number of hydrogen-bond donors (Lipinski definition) is 1. The molecule has 0 atom stereocenters. The van der Waals surface area contributed by atoms with E-state index < -0.39 is 0 Å². The summed E-state index contributed by atoms with van der Waals surface area (Å²) in [5.41, 5.74) is 2.37. The largest absolute Gasteiger partial charge is 0.326 e. The van der Waals surface area contributed by atoms with Gasteiger partial charge in [0.1, 0.15) is 5.82 Å². The molecule has 0 unspecified atom stereocenters. The van der Waals surface area contributed by atoms with Crippen molar-refractivity contribution in [3.8, 4) is 0 Å². The third-order valence-corrected chi connectivity index (χ3v) is 4.86. The maximum absolute atomic E-state index is 13.1. The molecule has 7 heteroatoms. The van der Waals surface area contributed by atoms with Crippen LogP contribution in [0.15, 0.2) is 36.0 Å². The second-order valence-electron chi connectivity index (χ2n) is 5.89. The van der Waals surface area contributed by atoms with Crippen LogP contribution >= 0.6 is 11.3 Å². The van der Waals surface area contributed by atoms with Crippen LogP contribution in [0.3, 0.4) is 0 Å². The number of rotatable bonds is 6. The fourth-order valence-corrected chi connectivity index (χ4v) is 3.40. The maximum atomic E-state index is 13.1. The second kappa shape index (κ2) is 8.32. The van der Waals surface area contributed by atoms with Gasteiger partial charge in [-0.05, 0) is 18.2 Å². The van der Waals surface area contributed by atoms with Gasteiger partial charge in [-0.2, -0.15) is 0 Å². The van der Waals surface area contributed by atoms with E-state index in [1.165, 1.54) is 17.0 Å². The van der Waals surface area contributed by atoms with Gasteiger partial charge in [-0.15, -0.1) is 11.3 Å². The van der Waals surface area contributed by atoms with E-state index in [1.54, 1.807) is 23.5 Å². The van der Waals surface area contributed by atoms with Gasteiger partial charge in [-0.25, -0.2) is 4.39 Å². The molecular weight excluding hydrogens is 327 g/mol. The minimum Gasteiger partial charge on any atom is -0.326 e. The number of nitrogens with zero attached hydrogens (tertiary/aromatic N) is 3. The quantitative estimate of drug-likeness (QED) is 0.871. The maximum Gasteiger partial charge on any atom is 0.225 e. The predicted octanol–water partition coefficient (Wildman–Crippen LogP) is 2.43. The Bertz CT molecular complexity index is 656. The summed E-state index contributed by atoms with van der Waals surface area (Å²) in [7, 11) is 0. The van der Waals surface area contributed by atoms with E-state index in [0.29, 0.717) is 12.1 Å². The Balaban J connectivity index is 1.36. The third kappa shape index (κ3) is 5.09. The van der Waals surface area contributed by atoms with Gasteiger partial charge in [-0.1, -0.05) is 6.07 Å². The molecule has 1 aromatic carbocycles. The zero-order valence-corrected chi connectivity index (χ0v) is 14.3. The van der Waals surface area contributed by atoms with Gasteiger partial charge in [-0.3, -0.25) is 14.7 Å². The van der Waals surface area contributed by atoms with Crippen LogP contribution in [-0.4, -0.2) is 53.4 Å². The summed E-state index contributed by atoms with van der Waals surface area (Å²) < 4.78 is 13.1. The van der Waals surface area contributed by atoms with Crippen LogP contribution < -0.4 is 5.32 Å². The lowest BCUT2D eigenvalue weighted by Crippen LogP contribution is -2.46. The Morgan fingerprint density at radius 3 is 2.75 bits per heavy atom. The highest BCUT2D eigenvalue weighted by molar-refractivity contribution is 7.09. The molecule has 2 heterocycles.